The number of benzene rings is 1. The molecule has 0 fully saturated rings. The summed E-state index contributed by atoms with van der Waals surface area (Å²) in [5.41, 5.74) is 0.844. The molecular formula is C12H16N. The predicted molar refractivity (Wildman–Crippen MR) is 57.4 cm³/mol. The van der Waals surface area contributed by atoms with Crippen LogP contribution in [0.25, 0.3) is 0 Å². The minimum absolute atomic E-state index is 0.318. The first-order chi connectivity index (χ1) is 6.11. The van der Waals surface area contributed by atoms with E-state index in [2.05, 4.69) is 30.5 Å². The molecule has 0 bridgehead atoms. The van der Waals surface area contributed by atoms with E-state index in [0.29, 0.717) is 0 Å². The van der Waals surface area contributed by atoms with Crippen molar-refractivity contribution < 1.29 is 0 Å². The average molecular weight is 174 g/mol. The lowest BCUT2D eigenvalue weighted by molar-refractivity contribution is 0.264. The summed E-state index contributed by atoms with van der Waals surface area (Å²) < 4.78 is 0. The minimum atomic E-state index is -0.318. The van der Waals surface area contributed by atoms with Crippen molar-refractivity contribution in [3.05, 3.63) is 55.5 Å². The Morgan fingerprint density at radius 3 is 2.15 bits per heavy atom. The molecule has 1 unspecified atom stereocenters. The molecule has 0 saturated heterocycles. The number of rotatable bonds is 3. The summed E-state index contributed by atoms with van der Waals surface area (Å²) >= 11 is 0. The summed E-state index contributed by atoms with van der Waals surface area (Å²) in [6.07, 6.45) is 1.86. The van der Waals surface area contributed by atoms with Crippen LogP contribution in [0, 0.1) is 6.92 Å². The van der Waals surface area contributed by atoms with E-state index in [1.807, 2.05) is 38.4 Å². The largest absolute Gasteiger partial charge is 0.297 e. The molecule has 1 heteroatoms. The first kappa shape index (κ1) is 10.0. The Morgan fingerprint density at radius 2 is 1.77 bits per heavy atom. The van der Waals surface area contributed by atoms with Crippen molar-refractivity contribution in [2.45, 2.75) is 5.54 Å². The molecule has 0 aliphatic heterocycles. The van der Waals surface area contributed by atoms with Gasteiger partial charge in [0.25, 0.3) is 0 Å². The maximum atomic E-state index is 4.17. The van der Waals surface area contributed by atoms with Crippen LogP contribution in [-0.2, 0) is 5.54 Å². The van der Waals surface area contributed by atoms with Gasteiger partial charge in [-0.3, -0.25) is 4.90 Å². The molecule has 0 N–H and O–H groups in total. The quantitative estimate of drug-likeness (QED) is 0.636. The Bertz CT molecular complexity index is 276. The Labute approximate surface area is 80.7 Å². The summed E-state index contributed by atoms with van der Waals surface area (Å²) in [5.74, 6) is 0. The van der Waals surface area contributed by atoms with Crippen LogP contribution in [0.2, 0.25) is 0 Å². The van der Waals surface area contributed by atoms with Crippen LogP contribution < -0.4 is 0 Å². The molecule has 0 aromatic heterocycles. The fourth-order valence-corrected chi connectivity index (χ4v) is 1.29. The first-order valence-electron chi connectivity index (χ1n) is 4.33. The minimum Gasteiger partial charge on any atom is -0.297 e. The predicted octanol–water partition coefficient (Wildman–Crippen LogP) is 2.46. The molecule has 0 aliphatic rings. The van der Waals surface area contributed by atoms with Crippen molar-refractivity contribution in [3.8, 4) is 0 Å². The molecule has 0 saturated carbocycles. The molecule has 0 heterocycles. The zero-order valence-corrected chi connectivity index (χ0v) is 8.33. The SMILES string of the molecule is [CH2]C(C=C)(c1ccccc1)N(C)C. The summed E-state index contributed by atoms with van der Waals surface area (Å²) in [6, 6.07) is 10.2. The lowest BCUT2D eigenvalue weighted by Crippen LogP contribution is -2.36. The van der Waals surface area contributed by atoms with Crippen molar-refractivity contribution in [1.82, 2.24) is 4.90 Å². The molecule has 1 atom stereocenters. The van der Waals surface area contributed by atoms with Crippen molar-refractivity contribution in [2.75, 3.05) is 14.1 Å². The van der Waals surface area contributed by atoms with Gasteiger partial charge in [0, 0.05) is 0 Å². The van der Waals surface area contributed by atoms with Gasteiger partial charge < -0.3 is 0 Å². The van der Waals surface area contributed by atoms with Gasteiger partial charge in [-0.2, -0.15) is 0 Å². The lowest BCUT2D eigenvalue weighted by Gasteiger charge is -2.33. The Morgan fingerprint density at radius 1 is 1.23 bits per heavy atom. The second-order valence-corrected chi connectivity index (χ2v) is 3.39. The molecule has 13 heavy (non-hydrogen) atoms. The van der Waals surface area contributed by atoms with Crippen LogP contribution in [0.5, 0.6) is 0 Å². The molecule has 0 spiro atoms. The van der Waals surface area contributed by atoms with E-state index in [-0.39, 0.29) is 5.54 Å². The number of hydrogen-bond donors (Lipinski definition) is 0. The van der Waals surface area contributed by atoms with Crippen LogP contribution in [0.1, 0.15) is 5.56 Å². The van der Waals surface area contributed by atoms with E-state index in [0.717, 1.165) is 5.56 Å². The van der Waals surface area contributed by atoms with Gasteiger partial charge in [-0.15, -0.1) is 6.58 Å². The zero-order chi connectivity index (χ0) is 9.90. The van der Waals surface area contributed by atoms with Gasteiger partial charge in [0.15, 0.2) is 0 Å². The summed E-state index contributed by atoms with van der Waals surface area (Å²) in [6.45, 7) is 7.99. The van der Waals surface area contributed by atoms with Crippen LogP contribution in [0.15, 0.2) is 43.0 Å². The molecule has 69 valence electrons. The molecule has 0 aliphatic carbocycles. The highest BCUT2D eigenvalue weighted by Gasteiger charge is 2.24. The maximum absolute atomic E-state index is 4.17. The van der Waals surface area contributed by atoms with E-state index in [1.54, 1.807) is 0 Å². The van der Waals surface area contributed by atoms with Crippen LogP contribution >= 0.6 is 0 Å². The Balaban J connectivity index is 3.10. The molecule has 0 amide bonds. The van der Waals surface area contributed by atoms with Crippen molar-refractivity contribution >= 4 is 0 Å². The average Bonchev–Trinajstić information content (AvgIpc) is 2.17. The van der Waals surface area contributed by atoms with Gasteiger partial charge in [0.2, 0.25) is 0 Å². The van der Waals surface area contributed by atoms with Crippen molar-refractivity contribution in [3.63, 3.8) is 0 Å². The van der Waals surface area contributed by atoms with Gasteiger partial charge in [-0.25, -0.2) is 0 Å². The topological polar surface area (TPSA) is 3.24 Å². The number of nitrogens with zero attached hydrogens (tertiary/aromatic N) is 1. The summed E-state index contributed by atoms with van der Waals surface area (Å²) in [4.78, 5) is 2.05. The highest BCUT2D eigenvalue weighted by atomic mass is 15.1. The Hall–Kier alpha value is -1.08. The van der Waals surface area contributed by atoms with Crippen molar-refractivity contribution in [1.29, 1.82) is 0 Å². The molecule has 1 aromatic carbocycles. The van der Waals surface area contributed by atoms with Crippen LogP contribution in [0.4, 0.5) is 0 Å². The van der Waals surface area contributed by atoms with E-state index in [9.17, 15) is 0 Å². The monoisotopic (exact) mass is 174 g/mol. The molecule has 1 rings (SSSR count). The van der Waals surface area contributed by atoms with E-state index in [4.69, 9.17) is 0 Å². The van der Waals surface area contributed by atoms with E-state index >= 15 is 0 Å². The molecular weight excluding hydrogens is 158 g/mol. The molecule has 1 radical (unpaired) electrons. The normalized spacial score (nSPS) is 15.4. The smallest absolute Gasteiger partial charge is 0.0638 e. The van der Waals surface area contributed by atoms with E-state index in [1.165, 1.54) is 0 Å². The Kier molecular flexibility index (Phi) is 2.89. The van der Waals surface area contributed by atoms with Gasteiger partial charge in [0.05, 0.1) is 5.54 Å². The molecule has 1 nitrogen and oxygen atoms in total. The second kappa shape index (κ2) is 3.75. The van der Waals surface area contributed by atoms with E-state index < -0.39 is 0 Å². The fourth-order valence-electron chi connectivity index (χ4n) is 1.29. The summed E-state index contributed by atoms with van der Waals surface area (Å²) in [7, 11) is 4.00. The highest BCUT2D eigenvalue weighted by Crippen LogP contribution is 2.25. The standard InChI is InChI=1S/C12H16N/c1-5-12(2,13(3)4)11-9-7-6-8-10-11/h5-10H,1-2H2,3-4H3. The summed E-state index contributed by atoms with van der Waals surface area (Å²) in [5, 5.41) is 0. The second-order valence-electron chi connectivity index (χ2n) is 3.39. The molecule has 1 aromatic rings. The third kappa shape index (κ3) is 1.81. The van der Waals surface area contributed by atoms with Crippen molar-refractivity contribution in [2.24, 2.45) is 0 Å². The van der Waals surface area contributed by atoms with Gasteiger partial charge >= 0.3 is 0 Å². The highest BCUT2D eigenvalue weighted by molar-refractivity contribution is 5.30. The number of hydrogen-bond acceptors (Lipinski definition) is 1. The lowest BCUT2D eigenvalue weighted by atomic mass is 9.91. The van der Waals surface area contributed by atoms with Gasteiger partial charge in [-0.1, -0.05) is 36.4 Å². The first-order valence-corrected chi connectivity index (χ1v) is 4.33. The van der Waals surface area contributed by atoms with Gasteiger partial charge in [-0.05, 0) is 26.6 Å². The third-order valence-corrected chi connectivity index (χ3v) is 2.41. The maximum Gasteiger partial charge on any atom is 0.0638 e. The van der Waals surface area contributed by atoms with Crippen LogP contribution in [0.3, 0.4) is 0 Å². The zero-order valence-electron chi connectivity index (χ0n) is 8.33. The fraction of sp³-hybridized carbons (Fsp3) is 0.250. The van der Waals surface area contributed by atoms with Crippen LogP contribution in [-0.4, -0.2) is 19.0 Å². The third-order valence-electron chi connectivity index (χ3n) is 2.41. The van der Waals surface area contributed by atoms with Gasteiger partial charge in [0.1, 0.15) is 0 Å². The number of likely N-dealkylation sites (N-methyl/N-ethyl adjacent to an activating group) is 1.